The van der Waals surface area contributed by atoms with E-state index in [-0.39, 0.29) is 29.3 Å². The Kier molecular flexibility index (Phi) is 3.85. The lowest BCUT2D eigenvalue weighted by Crippen LogP contribution is -2.08. The highest BCUT2D eigenvalue weighted by atomic mass is 16.5. The van der Waals surface area contributed by atoms with Crippen molar-refractivity contribution < 1.29 is 14.6 Å². The molecular weight excluding hydrogens is 294 g/mol. The summed E-state index contributed by atoms with van der Waals surface area (Å²) in [7, 11) is 0. The maximum absolute atomic E-state index is 11.7. The van der Waals surface area contributed by atoms with Crippen LogP contribution in [0.1, 0.15) is 22.8 Å². The number of aromatic nitrogens is 1. The highest BCUT2D eigenvalue weighted by molar-refractivity contribution is 5.96. The molecule has 0 saturated carbocycles. The minimum atomic E-state index is -0.213. The number of para-hydroxylation sites is 1. The Morgan fingerprint density at radius 1 is 1.17 bits per heavy atom. The van der Waals surface area contributed by atoms with Gasteiger partial charge in [-0.15, -0.1) is 0 Å². The van der Waals surface area contributed by atoms with Crippen LogP contribution >= 0.6 is 0 Å². The van der Waals surface area contributed by atoms with E-state index in [9.17, 15) is 14.7 Å². The van der Waals surface area contributed by atoms with Crippen LogP contribution in [0.3, 0.4) is 0 Å². The lowest BCUT2D eigenvalue weighted by Gasteiger charge is -2.10. The van der Waals surface area contributed by atoms with Gasteiger partial charge in [0.2, 0.25) is 5.56 Å². The first-order valence-corrected chi connectivity index (χ1v) is 7.12. The first-order chi connectivity index (χ1) is 11.0. The van der Waals surface area contributed by atoms with E-state index in [4.69, 9.17) is 4.74 Å². The molecule has 3 rings (SSSR count). The van der Waals surface area contributed by atoms with Crippen LogP contribution in [0.25, 0.3) is 10.9 Å². The van der Waals surface area contributed by atoms with Gasteiger partial charge in [0, 0.05) is 28.6 Å². The average molecular weight is 309 g/mol. The molecule has 1 heterocycles. The molecule has 0 aliphatic rings. The van der Waals surface area contributed by atoms with Crippen LogP contribution in [0, 0.1) is 0 Å². The molecule has 5 heteroatoms. The number of aromatic hydroxyl groups is 1. The van der Waals surface area contributed by atoms with E-state index in [0.717, 1.165) is 16.5 Å². The largest absolute Gasteiger partial charge is 0.507 e. The van der Waals surface area contributed by atoms with Crippen molar-refractivity contribution in [3.63, 3.8) is 0 Å². The number of phenols is 1. The van der Waals surface area contributed by atoms with Gasteiger partial charge in [0.25, 0.3) is 0 Å². The number of phenolic OH excluding ortho intramolecular Hbond substituents is 1. The summed E-state index contributed by atoms with van der Waals surface area (Å²) in [6, 6.07) is 13.5. The summed E-state index contributed by atoms with van der Waals surface area (Å²) in [6.45, 7) is 1.57. The molecule has 0 bridgehead atoms. The number of nitrogens with one attached hydrogen (secondary N) is 1. The summed E-state index contributed by atoms with van der Waals surface area (Å²) in [5.41, 5.74) is 1.55. The number of benzene rings is 2. The number of rotatable bonds is 4. The fourth-order valence-corrected chi connectivity index (χ4v) is 2.46. The highest BCUT2D eigenvalue weighted by Gasteiger charge is 2.09. The average Bonchev–Trinajstić information content (AvgIpc) is 2.52. The number of fused-ring (bicyclic) bond motifs is 1. The number of pyridine rings is 1. The molecule has 0 atom stereocenters. The highest BCUT2D eigenvalue weighted by Crippen LogP contribution is 2.25. The molecule has 116 valence electrons. The van der Waals surface area contributed by atoms with Crippen LogP contribution in [0.4, 0.5) is 0 Å². The Morgan fingerprint density at radius 2 is 1.96 bits per heavy atom. The van der Waals surface area contributed by atoms with Crippen molar-refractivity contribution >= 4 is 16.7 Å². The third-order valence-corrected chi connectivity index (χ3v) is 3.58. The van der Waals surface area contributed by atoms with Crippen molar-refractivity contribution in [1.82, 2.24) is 4.98 Å². The molecule has 0 aliphatic heterocycles. The van der Waals surface area contributed by atoms with Crippen molar-refractivity contribution in [2.24, 2.45) is 0 Å². The number of hydrogen-bond acceptors (Lipinski definition) is 4. The van der Waals surface area contributed by atoms with Gasteiger partial charge < -0.3 is 14.8 Å². The number of ether oxygens (including phenoxy) is 1. The summed E-state index contributed by atoms with van der Waals surface area (Å²) >= 11 is 0. The van der Waals surface area contributed by atoms with Crippen LogP contribution < -0.4 is 10.3 Å². The molecule has 0 amide bonds. The van der Waals surface area contributed by atoms with Crippen molar-refractivity contribution in [2.75, 3.05) is 0 Å². The molecule has 5 nitrogen and oxygen atoms in total. The molecule has 2 N–H and O–H groups in total. The van der Waals surface area contributed by atoms with Gasteiger partial charge in [-0.25, -0.2) is 0 Å². The Balaban J connectivity index is 1.88. The van der Waals surface area contributed by atoms with Gasteiger partial charge in [-0.1, -0.05) is 18.2 Å². The predicted octanol–water partition coefficient (Wildman–Crippen LogP) is 3.02. The van der Waals surface area contributed by atoms with Crippen molar-refractivity contribution in [1.29, 1.82) is 0 Å². The monoisotopic (exact) mass is 309 g/mol. The van der Waals surface area contributed by atoms with Gasteiger partial charge in [0.05, 0.1) is 5.56 Å². The maximum atomic E-state index is 11.7. The molecule has 2 aromatic carbocycles. The number of H-pyrrole nitrogens is 1. The quantitative estimate of drug-likeness (QED) is 0.726. The third kappa shape index (κ3) is 3.08. The fraction of sp³-hybridized carbons (Fsp3) is 0.111. The maximum Gasteiger partial charge on any atom is 0.248 e. The predicted molar refractivity (Wildman–Crippen MR) is 87.0 cm³/mol. The molecule has 0 saturated heterocycles. The van der Waals surface area contributed by atoms with E-state index < -0.39 is 0 Å². The van der Waals surface area contributed by atoms with E-state index in [1.165, 1.54) is 25.1 Å². The van der Waals surface area contributed by atoms with Gasteiger partial charge in [0.1, 0.15) is 18.1 Å². The van der Waals surface area contributed by atoms with Crippen molar-refractivity contribution in [3.05, 3.63) is 70.0 Å². The van der Waals surface area contributed by atoms with Gasteiger partial charge >= 0.3 is 0 Å². The van der Waals surface area contributed by atoms with Gasteiger partial charge in [-0.3, -0.25) is 9.59 Å². The number of hydrogen-bond donors (Lipinski definition) is 2. The topological polar surface area (TPSA) is 79.4 Å². The summed E-state index contributed by atoms with van der Waals surface area (Å²) < 4.78 is 5.65. The molecule has 3 aromatic rings. The molecule has 0 unspecified atom stereocenters. The van der Waals surface area contributed by atoms with E-state index in [2.05, 4.69) is 4.98 Å². The smallest absolute Gasteiger partial charge is 0.248 e. The zero-order chi connectivity index (χ0) is 16.4. The SMILES string of the molecule is CC(=O)c1ccc(OCc2cc(=O)[nH]c3ccccc23)cc1O. The molecule has 0 fully saturated rings. The Bertz CT molecular complexity index is 943. The van der Waals surface area contributed by atoms with E-state index >= 15 is 0 Å². The molecule has 23 heavy (non-hydrogen) atoms. The lowest BCUT2D eigenvalue weighted by atomic mass is 10.1. The Labute approximate surface area is 132 Å². The summed E-state index contributed by atoms with van der Waals surface area (Å²) in [4.78, 5) is 25.8. The van der Waals surface area contributed by atoms with E-state index in [1.807, 2.05) is 24.3 Å². The van der Waals surface area contributed by atoms with Crippen LogP contribution in [0.15, 0.2) is 53.3 Å². The van der Waals surface area contributed by atoms with Gasteiger partial charge in [-0.05, 0) is 25.1 Å². The summed E-state index contributed by atoms with van der Waals surface area (Å²) in [6.07, 6.45) is 0. The summed E-state index contributed by atoms with van der Waals surface area (Å²) in [5.74, 6) is 0.0947. The number of ketones is 1. The van der Waals surface area contributed by atoms with Crippen LogP contribution in [-0.4, -0.2) is 15.9 Å². The number of carbonyl (C=O) groups is 1. The molecule has 0 radical (unpaired) electrons. The first-order valence-electron chi connectivity index (χ1n) is 7.12. The van der Waals surface area contributed by atoms with Gasteiger partial charge in [-0.2, -0.15) is 0 Å². The first kappa shape index (κ1) is 14.8. The second-order valence-electron chi connectivity index (χ2n) is 5.23. The normalized spacial score (nSPS) is 10.7. The number of Topliss-reactive ketones (excluding diaryl/α,β-unsaturated/α-hetero) is 1. The van der Waals surface area contributed by atoms with E-state index in [1.54, 1.807) is 6.07 Å². The summed E-state index contributed by atoms with van der Waals surface area (Å²) in [5, 5.41) is 10.7. The van der Waals surface area contributed by atoms with Gasteiger partial charge in [0.15, 0.2) is 5.78 Å². The minimum Gasteiger partial charge on any atom is -0.507 e. The van der Waals surface area contributed by atoms with Crippen LogP contribution in [0.2, 0.25) is 0 Å². The number of aromatic amines is 1. The minimum absolute atomic E-state index is 0.120. The number of carbonyl (C=O) groups excluding carboxylic acids is 1. The second-order valence-corrected chi connectivity index (χ2v) is 5.23. The second kappa shape index (κ2) is 5.96. The Morgan fingerprint density at radius 3 is 2.70 bits per heavy atom. The van der Waals surface area contributed by atoms with E-state index in [0.29, 0.717) is 5.75 Å². The fourth-order valence-electron chi connectivity index (χ4n) is 2.46. The van der Waals surface area contributed by atoms with Crippen LogP contribution in [-0.2, 0) is 6.61 Å². The molecule has 0 spiro atoms. The van der Waals surface area contributed by atoms with Crippen molar-refractivity contribution in [2.45, 2.75) is 13.5 Å². The zero-order valence-corrected chi connectivity index (χ0v) is 12.5. The molecular formula is C18H15NO4. The molecule has 1 aromatic heterocycles. The lowest BCUT2D eigenvalue weighted by molar-refractivity contribution is 0.101. The standard InChI is InChI=1S/C18H15NO4/c1-11(20)14-7-6-13(9-17(14)21)23-10-12-8-18(22)19-16-5-3-2-4-15(12)16/h2-9,21H,10H2,1H3,(H,19,22). The van der Waals surface area contributed by atoms with Crippen molar-refractivity contribution in [3.8, 4) is 11.5 Å². The van der Waals surface area contributed by atoms with Crippen LogP contribution in [0.5, 0.6) is 11.5 Å². The zero-order valence-electron chi connectivity index (χ0n) is 12.5. The molecule has 0 aliphatic carbocycles. The Hall–Kier alpha value is -3.08. The third-order valence-electron chi connectivity index (χ3n) is 3.58.